The third kappa shape index (κ3) is 3.02. The van der Waals surface area contributed by atoms with Crippen LogP contribution in [-0.4, -0.2) is 13.2 Å². The topological polar surface area (TPSA) is 35.2 Å². The fraction of sp³-hybridized carbons (Fsp3) is 0.429. The summed E-state index contributed by atoms with van der Waals surface area (Å²) in [5, 5.41) is 0.755. The highest BCUT2D eigenvalue weighted by molar-refractivity contribution is 6.30. The molecule has 2 rings (SSSR count). The monoisotopic (exact) mass is 251 g/mol. The van der Waals surface area contributed by atoms with Gasteiger partial charge < -0.3 is 10.5 Å². The van der Waals surface area contributed by atoms with Crippen molar-refractivity contribution >= 4 is 11.6 Å². The fourth-order valence-corrected chi connectivity index (χ4v) is 2.21. The van der Waals surface area contributed by atoms with Crippen LogP contribution in [0.4, 0.5) is 0 Å². The molecule has 3 heteroatoms. The van der Waals surface area contributed by atoms with Gasteiger partial charge in [0.05, 0.1) is 0 Å². The van der Waals surface area contributed by atoms with E-state index >= 15 is 0 Å². The number of nitrogens with two attached hydrogens (primary N) is 1. The Morgan fingerprint density at radius 2 is 2.35 bits per heavy atom. The van der Waals surface area contributed by atoms with Crippen molar-refractivity contribution in [2.24, 2.45) is 11.7 Å². The molecule has 0 heterocycles. The maximum atomic E-state index is 6.04. The highest BCUT2D eigenvalue weighted by Gasteiger charge is 2.38. The van der Waals surface area contributed by atoms with Crippen molar-refractivity contribution in [3.8, 4) is 5.75 Å². The number of rotatable bonds is 5. The molecule has 1 saturated carbocycles. The van der Waals surface area contributed by atoms with Crippen LogP contribution in [0.1, 0.15) is 24.8 Å². The number of halogens is 1. The molecule has 0 amide bonds. The summed E-state index contributed by atoms with van der Waals surface area (Å²) in [5.41, 5.74) is 7.88. The van der Waals surface area contributed by atoms with Crippen LogP contribution in [0, 0.1) is 5.92 Å². The van der Waals surface area contributed by atoms with E-state index in [0.29, 0.717) is 18.4 Å². The number of benzene rings is 1. The van der Waals surface area contributed by atoms with Gasteiger partial charge in [0.1, 0.15) is 12.4 Å². The molecule has 0 saturated heterocycles. The lowest BCUT2D eigenvalue weighted by molar-refractivity contribution is 0.348. The molecule has 1 aliphatic rings. The normalized spacial score (nSPS) is 22.3. The Balaban J connectivity index is 2.16. The molecule has 0 aliphatic heterocycles. The largest absolute Gasteiger partial charge is 0.489 e. The summed E-state index contributed by atoms with van der Waals surface area (Å²) in [6.45, 7) is 7.08. The first-order valence-corrected chi connectivity index (χ1v) is 6.26. The van der Waals surface area contributed by atoms with Crippen LogP contribution in [0.3, 0.4) is 0 Å². The van der Waals surface area contributed by atoms with E-state index in [9.17, 15) is 0 Å². The zero-order chi connectivity index (χ0) is 12.4. The molecule has 1 aliphatic carbocycles. The molecule has 2 atom stereocenters. The minimum Gasteiger partial charge on any atom is -0.489 e. The summed E-state index contributed by atoms with van der Waals surface area (Å²) in [6, 6.07) is 5.79. The molecule has 0 spiro atoms. The molecule has 1 aromatic carbocycles. The lowest BCUT2D eigenvalue weighted by Gasteiger charge is -2.12. The second-order valence-electron chi connectivity index (χ2n) is 4.77. The van der Waals surface area contributed by atoms with Crippen molar-refractivity contribution in [1.82, 2.24) is 0 Å². The first-order chi connectivity index (χ1) is 8.11. The van der Waals surface area contributed by atoms with Crippen LogP contribution < -0.4 is 10.5 Å². The van der Waals surface area contributed by atoms with E-state index in [1.807, 2.05) is 25.1 Å². The van der Waals surface area contributed by atoms with Gasteiger partial charge in [0.25, 0.3) is 0 Å². The van der Waals surface area contributed by atoms with E-state index < -0.39 is 0 Å². The molecule has 0 bridgehead atoms. The van der Waals surface area contributed by atoms with Crippen molar-refractivity contribution in [2.45, 2.75) is 19.3 Å². The van der Waals surface area contributed by atoms with Crippen molar-refractivity contribution in [3.05, 3.63) is 40.9 Å². The lowest BCUT2D eigenvalue weighted by atomic mass is 10.1. The van der Waals surface area contributed by atoms with E-state index in [0.717, 1.165) is 29.3 Å². The van der Waals surface area contributed by atoms with Crippen molar-refractivity contribution in [1.29, 1.82) is 0 Å². The van der Waals surface area contributed by atoms with Crippen molar-refractivity contribution in [2.75, 3.05) is 13.2 Å². The second kappa shape index (κ2) is 5.11. The number of ether oxygens (including phenoxy) is 1. The number of hydrogen-bond acceptors (Lipinski definition) is 2. The van der Waals surface area contributed by atoms with Gasteiger partial charge in [-0.15, -0.1) is 0 Å². The molecule has 2 N–H and O–H groups in total. The van der Waals surface area contributed by atoms with E-state index in [1.54, 1.807) is 0 Å². The highest BCUT2D eigenvalue weighted by atomic mass is 35.5. The molecular formula is C14H18ClNO. The maximum Gasteiger partial charge on any atom is 0.123 e. The Labute approximate surface area is 107 Å². The quantitative estimate of drug-likeness (QED) is 0.815. The van der Waals surface area contributed by atoms with Crippen LogP contribution in [0.25, 0.3) is 0 Å². The van der Waals surface area contributed by atoms with E-state index in [-0.39, 0.29) is 0 Å². The molecule has 1 aromatic rings. The Bertz CT molecular complexity index is 430. The van der Waals surface area contributed by atoms with Crippen molar-refractivity contribution < 1.29 is 4.74 Å². The van der Waals surface area contributed by atoms with Crippen molar-refractivity contribution in [3.63, 3.8) is 0 Å². The molecule has 1 fully saturated rings. The number of hydrogen-bond donors (Lipinski definition) is 1. The Hall–Kier alpha value is -0.990. The van der Waals surface area contributed by atoms with Gasteiger partial charge in [-0.2, -0.15) is 0 Å². The summed E-state index contributed by atoms with van der Waals surface area (Å²) in [6.07, 6.45) is 1.14. The third-order valence-electron chi connectivity index (χ3n) is 3.07. The first kappa shape index (κ1) is 12.5. The van der Waals surface area contributed by atoms with Gasteiger partial charge in [-0.1, -0.05) is 18.2 Å². The molecule has 0 unspecified atom stereocenters. The summed E-state index contributed by atoms with van der Waals surface area (Å²) in [7, 11) is 0. The molecule has 17 heavy (non-hydrogen) atoms. The predicted octanol–water partition coefficient (Wildman–Crippen LogP) is 3.36. The van der Waals surface area contributed by atoms with Gasteiger partial charge in [0.2, 0.25) is 0 Å². The van der Waals surface area contributed by atoms with Crippen LogP contribution >= 0.6 is 11.6 Å². The average Bonchev–Trinajstić information content (AvgIpc) is 3.06. The SMILES string of the molecule is C=C(C)COc1ccc(Cl)cc1[C@@H]1C[C@H]1CN. The van der Waals surface area contributed by atoms with Gasteiger partial charge >= 0.3 is 0 Å². The molecule has 2 nitrogen and oxygen atoms in total. The minimum atomic E-state index is 0.513. The Kier molecular flexibility index (Phi) is 3.75. The Morgan fingerprint density at radius 3 is 2.94 bits per heavy atom. The van der Waals surface area contributed by atoms with Crippen LogP contribution in [-0.2, 0) is 0 Å². The summed E-state index contributed by atoms with van der Waals surface area (Å²) in [4.78, 5) is 0. The average molecular weight is 252 g/mol. The smallest absolute Gasteiger partial charge is 0.123 e. The van der Waals surface area contributed by atoms with E-state index in [4.69, 9.17) is 22.1 Å². The Morgan fingerprint density at radius 1 is 1.59 bits per heavy atom. The zero-order valence-electron chi connectivity index (χ0n) is 10.1. The second-order valence-corrected chi connectivity index (χ2v) is 5.20. The standard InChI is InChI=1S/C14H18ClNO/c1-9(2)8-17-14-4-3-11(15)6-13(14)12-5-10(12)7-16/h3-4,6,10,12H,1,5,7-8,16H2,2H3/t10-,12+/m0/s1. The lowest BCUT2D eigenvalue weighted by Crippen LogP contribution is -2.04. The van der Waals surface area contributed by atoms with Gasteiger partial charge in [0.15, 0.2) is 0 Å². The van der Waals surface area contributed by atoms with Gasteiger partial charge in [0, 0.05) is 5.02 Å². The highest BCUT2D eigenvalue weighted by Crippen LogP contribution is 2.50. The summed E-state index contributed by atoms with van der Waals surface area (Å²) >= 11 is 6.04. The summed E-state index contributed by atoms with van der Waals surface area (Å²) < 4.78 is 5.75. The van der Waals surface area contributed by atoms with Crippen LogP contribution in [0.5, 0.6) is 5.75 Å². The third-order valence-corrected chi connectivity index (χ3v) is 3.31. The summed E-state index contributed by atoms with van der Waals surface area (Å²) in [5.74, 6) is 2.01. The van der Waals surface area contributed by atoms with Gasteiger partial charge in [-0.25, -0.2) is 0 Å². The molecular weight excluding hydrogens is 234 g/mol. The van der Waals surface area contributed by atoms with Gasteiger partial charge in [-0.3, -0.25) is 0 Å². The first-order valence-electron chi connectivity index (χ1n) is 5.88. The van der Waals surface area contributed by atoms with Gasteiger partial charge in [-0.05, 0) is 61.1 Å². The molecule has 92 valence electrons. The zero-order valence-corrected chi connectivity index (χ0v) is 10.8. The van der Waals surface area contributed by atoms with E-state index in [1.165, 1.54) is 5.56 Å². The molecule has 0 aromatic heterocycles. The van der Waals surface area contributed by atoms with Crippen LogP contribution in [0.15, 0.2) is 30.4 Å². The molecule has 0 radical (unpaired) electrons. The van der Waals surface area contributed by atoms with E-state index in [2.05, 4.69) is 6.58 Å². The minimum absolute atomic E-state index is 0.513. The predicted molar refractivity (Wildman–Crippen MR) is 71.7 cm³/mol. The van der Waals surface area contributed by atoms with Crippen LogP contribution in [0.2, 0.25) is 5.02 Å². The maximum absolute atomic E-state index is 6.04. The fourth-order valence-electron chi connectivity index (χ4n) is 2.03.